The molecule has 0 amide bonds. The lowest BCUT2D eigenvalue weighted by Crippen LogP contribution is -2.54. The second kappa shape index (κ2) is 6.58. The number of nitrogens with zero attached hydrogens (tertiary/aromatic N) is 2. The molecule has 1 rings (SSSR count). The van der Waals surface area contributed by atoms with Gasteiger partial charge in [-0.2, -0.15) is 0 Å². The third-order valence-corrected chi connectivity index (χ3v) is 3.80. The molecule has 3 nitrogen and oxygen atoms in total. The van der Waals surface area contributed by atoms with Crippen LogP contribution in [0.1, 0.15) is 39.5 Å². The molecule has 0 bridgehead atoms. The first-order chi connectivity index (χ1) is 7.57. The Morgan fingerprint density at radius 3 is 2.12 bits per heavy atom. The highest BCUT2D eigenvalue weighted by Gasteiger charge is 2.32. The molecule has 1 saturated carbocycles. The molecule has 0 aromatic carbocycles. The van der Waals surface area contributed by atoms with Crippen LogP contribution in [0.15, 0.2) is 0 Å². The first kappa shape index (κ1) is 13.9. The summed E-state index contributed by atoms with van der Waals surface area (Å²) in [5.41, 5.74) is 0. The van der Waals surface area contributed by atoms with Gasteiger partial charge in [0.2, 0.25) is 0 Å². The quantitative estimate of drug-likeness (QED) is 0.773. The predicted octanol–water partition coefficient (Wildman–Crippen LogP) is 1.56. The van der Waals surface area contributed by atoms with E-state index in [-0.39, 0.29) is 6.61 Å². The van der Waals surface area contributed by atoms with E-state index >= 15 is 0 Å². The first-order valence-corrected chi connectivity index (χ1v) is 6.61. The van der Waals surface area contributed by atoms with Gasteiger partial charge >= 0.3 is 0 Å². The number of hydrogen-bond acceptors (Lipinski definition) is 3. The molecule has 2 atom stereocenters. The molecule has 96 valence electrons. The van der Waals surface area contributed by atoms with Crippen molar-refractivity contribution in [3.05, 3.63) is 0 Å². The van der Waals surface area contributed by atoms with E-state index in [4.69, 9.17) is 0 Å². The molecular formula is C13H28N2O. The SMILES string of the molecule is CC(C)N(CCO)[C@H]1CCCC[C@H]1N(C)C. The molecule has 0 heterocycles. The molecule has 16 heavy (non-hydrogen) atoms. The summed E-state index contributed by atoms with van der Waals surface area (Å²) >= 11 is 0. The molecule has 0 saturated heterocycles. The van der Waals surface area contributed by atoms with Gasteiger partial charge < -0.3 is 10.0 Å². The van der Waals surface area contributed by atoms with Gasteiger partial charge in [0.15, 0.2) is 0 Å². The van der Waals surface area contributed by atoms with Crippen molar-refractivity contribution >= 4 is 0 Å². The normalized spacial score (nSPS) is 27.0. The molecule has 0 aromatic heterocycles. The number of aliphatic hydroxyl groups is 1. The number of aliphatic hydroxyl groups excluding tert-OH is 1. The molecule has 0 aromatic rings. The van der Waals surface area contributed by atoms with Crippen LogP contribution in [0.5, 0.6) is 0 Å². The molecule has 1 aliphatic carbocycles. The Morgan fingerprint density at radius 1 is 1.12 bits per heavy atom. The van der Waals surface area contributed by atoms with Crippen LogP contribution in [0.2, 0.25) is 0 Å². The third kappa shape index (κ3) is 3.44. The fourth-order valence-electron chi connectivity index (χ4n) is 3.00. The van der Waals surface area contributed by atoms with Crippen molar-refractivity contribution in [3.63, 3.8) is 0 Å². The molecule has 0 unspecified atom stereocenters. The van der Waals surface area contributed by atoms with Crippen LogP contribution in [0.3, 0.4) is 0 Å². The highest BCUT2D eigenvalue weighted by atomic mass is 16.3. The monoisotopic (exact) mass is 228 g/mol. The van der Waals surface area contributed by atoms with Gasteiger partial charge in [0, 0.05) is 24.7 Å². The summed E-state index contributed by atoms with van der Waals surface area (Å²) in [7, 11) is 4.36. The van der Waals surface area contributed by atoms with Crippen LogP contribution in [0.4, 0.5) is 0 Å². The summed E-state index contributed by atoms with van der Waals surface area (Å²) in [6.45, 7) is 5.55. The van der Waals surface area contributed by atoms with Gasteiger partial charge in [0.05, 0.1) is 6.61 Å². The number of hydrogen-bond donors (Lipinski definition) is 1. The number of rotatable bonds is 5. The summed E-state index contributed by atoms with van der Waals surface area (Å²) < 4.78 is 0. The van der Waals surface area contributed by atoms with E-state index in [0.29, 0.717) is 18.1 Å². The van der Waals surface area contributed by atoms with E-state index in [2.05, 4.69) is 37.7 Å². The Morgan fingerprint density at radius 2 is 1.69 bits per heavy atom. The Balaban J connectivity index is 2.70. The van der Waals surface area contributed by atoms with Gasteiger partial charge in [-0.3, -0.25) is 4.90 Å². The largest absolute Gasteiger partial charge is 0.395 e. The minimum absolute atomic E-state index is 0.273. The van der Waals surface area contributed by atoms with Crippen LogP contribution < -0.4 is 0 Å². The summed E-state index contributed by atoms with van der Waals surface area (Å²) in [6.07, 6.45) is 5.27. The average molecular weight is 228 g/mol. The predicted molar refractivity (Wildman–Crippen MR) is 68.7 cm³/mol. The third-order valence-electron chi connectivity index (χ3n) is 3.80. The van der Waals surface area contributed by atoms with E-state index in [9.17, 15) is 5.11 Å². The smallest absolute Gasteiger partial charge is 0.0558 e. The maximum absolute atomic E-state index is 9.19. The molecule has 3 heteroatoms. The molecular weight excluding hydrogens is 200 g/mol. The van der Waals surface area contributed by atoms with Crippen LogP contribution in [-0.2, 0) is 0 Å². The topological polar surface area (TPSA) is 26.7 Å². The van der Waals surface area contributed by atoms with Crippen molar-refractivity contribution in [1.29, 1.82) is 0 Å². The average Bonchev–Trinajstić information content (AvgIpc) is 2.25. The second-order valence-electron chi connectivity index (χ2n) is 5.44. The van der Waals surface area contributed by atoms with Crippen molar-refractivity contribution in [2.45, 2.75) is 57.7 Å². The Kier molecular flexibility index (Phi) is 5.73. The van der Waals surface area contributed by atoms with Crippen molar-refractivity contribution in [2.75, 3.05) is 27.2 Å². The summed E-state index contributed by atoms with van der Waals surface area (Å²) in [4.78, 5) is 4.83. The summed E-state index contributed by atoms with van der Waals surface area (Å²) in [6, 6.07) is 1.80. The maximum Gasteiger partial charge on any atom is 0.0558 e. The standard InChI is InChI=1S/C13H28N2O/c1-11(2)15(9-10-16)13-8-6-5-7-12(13)14(3)4/h11-13,16H,5-10H2,1-4H3/t12-,13+/m1/s1. The Labute approximate surface area is 100 Å². The second-order valence-corrected chi connectivity index (χ2v) is 5.44. The molecule has 0 radical (unpaired) electrons. The van der Waals surface area contributed by atoms with E-state index in [0.717, 1.165) is 6.54 Å². The van der Waals surface area contributed by atoms with E-state index in [1.165, 1.54) is 25.7 Å². The Bertz CT molecular complexity index is 194. The van der Waals surface area contributed by atoms with E-state index in [1.54, 1.807) is 0 Å². The molecule has 0 aliphatic heterocycles. The molecule has 1 fully saturated rings. The summed E-state index contributed by atoms with van der Waals surface area (Å²) in [5, 5.41) is 9.19. The van der Waals surface area contributed by atoms with Crippen molar-refractivity contribution < 1.29 is 5.11 Å². The lowest BCUT2D eigenvalue weighted by molar-refractivity contribution is 0.0399. The molecule has 1 aliphatic rings. The van der Waals surface area contributed by atoms with Crippen LogP contribution in [0.25, 0.3) is 0 Å². The minimum Gasteiger partial charge on any atom is -0.395 e. The van der Waals surface area contributed by atoms with Crippen LogP contribution in [-0.4, -0.2) is 60.3 Å². The van der Waals surface area contributed by atoms with Gasteiger partial charge in [0.1, 0.15) is 0 Å². The van der Waals surface area contributed by atoms with E-state index in [1.807, 2.05) is 0 Å². The van der Waals surface area contributed by atoms with Crippen LogP contribution in [0, 0.1) is 0 Å². The van der Waals surface area contributed by atoms with Gasteiger partial charge in [-0.1, -0.05) is 12.8 Å². The van der Waals surface area contributed by atoms with Crippen molar-refractivity contribution in [2.24, 2.45) is 0 Å². The van der Waals surface area contributed by atoms with Gasteiger partial charge in [0.25, 0.3) is 0 Å². The van der Waals surface area contributed by atoms with Crippen molar-refractivity contribution in [3.8, 4) is 0 Å². The lowest BCUT2D eigenvalue weighted by Gasteiger charge is -2.44. The highest BCUT2D eigenvalue weighted by molar-refractivity contribution is 4.89. The van der Waals surface area contributed by atoms with Gasteiger partial charge in [-0.15, -0.1) is 0 Å². The lowest BCUT2D eigenvalue weighted by atomic mass is 9.87. The number of likely N-dealkylation sites (N-methyl/N-ethyl adjacent to an activating group) is 1. The van der Waals surface area contributed by atoms with Crippen LogP contribution >= 0.6 is 0 Å². The zero-order valence-electron chi connectivity index (χ0n) is 11.3. The van der Waals surface area contributed by atoms with Gasteiger partial charge in [-0.05, 0) is 40.8 Å². The fourth-order valence-corrected chi connectivity index (χ4v) is 3.00. The summed E-state index contributed by atoms with van der Waals surface area (Å²) in [5.74, 6) is 0. The highest BCUT2D eigenvalue weighted by Crippen LogP contribution is 2.27. The van der Waals surface area contributed by atoms with E-state index < -0.39 is 0 Å². The first-order valence-electron chi connectivity index (χ1n) is 6.61. The minimum atomic E-state index is 0.273. The van der Waals surface area contributed by atoms with Gasteiger partial charge in [-0.25, -0.2) is 0 Å². The fraction of sp³-hybridized carbons (Fsp3) is 1.00. The molecule has 1 N–H and O–H groups in total. The maximum atomic E-state index is 9.19. The van der Waals surface area contributed by atoms with Crippen molar-refractivity contribution in [1.82, 2.24) is 9.80 Å². The zero-order valence-corrected chi connectivity index (χ0v) is 11.3. The Hall–Kier alpha value is -0.120. The zero-order chi connectivity index (χ0) is 12.1. The molecule has 0 spiro atoms.